The van der Waals surface area contributed by atoms with Crippen molar-refractivity contribution >= 4 is 17.8 Å². The van der Waals surface area contributed by atoms with Gasteiger partial charge in [0.15, 0.2) is 5.78 Å². The lowest BCUT2D eigenvalue weighted by Crippen LogP contribution is -2.41. The zero-order chi connectivity index (χ0) is 21.8. The van der Waals surface area contributed by atoms with Crippen LogP contribution >= 0.6 is 0 Å². The predicted molar refractivity (Wildman–Crippen MR) is 108 cm³/mol. The van der Waals surface area contributed by atoms with Gasteiger partial charge in [-0.2, -0.15) is 0 Å². The first-order valence-corrected chi connectivity index (χ1v) is 10.1. The van der Waals surface area contributed by atoms with Crippen molar-refractivity contribution in [1.82, 2.24) is 0 Å². The Morgan fingerprint density at radius 3 is 2.57 bits per heavy atom. The third-order valence-corrected chi connectivity index (χ3v) is 5.75. The van der Waals surface area contributed by atoms with Crippen molar-refractivity contribution in [2.75, 3.05) is 7.11 Å². The molecule has 1 aliphatic carbocycles. The van der Waals surface area contributed by atoms with Crippen molar-refractivity contribution in [3.05, 3.63) is 41.5 Å². The first-order valence-electron chi connectivity index (χ1n) is 10.1. The van der Waals surface area contributed by atoms with Crippen LogP contribution in [0.15, 0.2) is 30.4 Å². The summed E-state index contributed by atoms with van der Waals surface area (Å²) in [6.45, 7) is 1.72. The molecule has 162 valence electrons. The zero-order valence-corrected chi connectivity index (χ0v) is 17.1. The van der Waals surface area contributed by atoms with Crippen LogP contribution in [0.1, 0.15) is 48.5 Å². The highest BCUT2D eigenvalue weighted by Crippen LogP contribution is 2.34. The number of carbonyl (C=O) groups is 2. The van der Waals surface area contributed by atoms with Crippen molar-refractivity contribution in [2.24, 2.45) is 11.8 Å². The Balaban J connectivity index is 2.00. The Labute approximate surface area is 175 Å². The summed E-state index contributed by atoms with van der Waals surface area (Å²) in [7, 11) is 1.41. The van der Waals surface area contributed by atoms with E-state index in [0.29, 0.717) is 24.8 Å². The molecule has 2 N–H and O–H groups in total. The number of fused-ring (bicyclic) bond motifs is 2. The fourth-order valence-electron chi connectivity index (χ4n) is 4.15. The van der Waals surface area contributed by atoms with Crippen LogP contribution < -0.4 is 9.84 Å². The molecular formula is C23H27O7-. The Bertz CT molecular complexity index is 857. The largest absolute Gasteiger partial charge is 0.872 e. The molecule has 7 nitrogen and oxygen atoms in total. The van der Waals surface area contributed by atoms with Crippen molar-refractivity contribution < 1.29 is 34.4 Å². The maximum Gasteiger partial charge on any atom is 0.338 e. The lowest BCUT2D eigenvalue weighted by atomic mass is 9.75. The molecule has 2 unspecified atom stereocenters. The maximum absolute atomic E-state index is 12.8. The molecule has 0 saturated heterocycles. The normalized spacial score (nSPS) is 31.1. The summed E-state index contributed by atoms with van der Waals surface area (Å²) >= 11 is 0. The third-order valence-electron chi connectivity index (χ3n) is 5.75. The lowest BCUT2D eigenvalue weighted by Gasteiger charge is -2.32. The van der Waals surface area contributed by atoms with E-state index in [1.807, 2.05) is 12.2 Å². The first kappa shape index (κ1) is 22.1. The third kappa shape index (κ3) is 4.74. The molecule has 0 amide bonds. The standard InChI is InChI=1S/C23H28O7/c1-13-10-14-6-3-4-8-17(14)21(26)22(27)18(24)9-5-7-15-11-16(29-2)12-19(25)20(15)23(28)30-13/h3-5,7,11-14,17-18,22,24-25,27H,6,8-10H2,1-2H3/p-1/b7-5+/t13-,14?,17?,18-,22-/m0/s1. The highest BCUT2D eigenvalue weighted by molar-refractivity contribution is 5.97. The molecule has 0 bridgehead atoms. The molecule has 0 radical (unpaired) electrons. The summed E-state index contributed by atoms with van der Waals surface area (Å²) < 4.78 is 10.7. The van der Waals surface area contributed by atoms with E-state index in [0.717, 1.165) is 0 Å². The van der Waals surface area contributed by atoms with E-state index in [2.05, 4.69) is 0 Å². The van der Waals surface area contributed by atoms with Crippen molar-refractivity contribution in [1.29, 1.82) is 0 Å². The number of allylic oxidation sites excluding steroid dienone is 2. The van der Waals surface area contributed by atoms with Crippen molar-refractivity contribution in [3.63, 3.8) is 0 Å². The molecule has 0 spiro atoms. The predicted octanol–water partition coefficient (Wildman–Crippen LogP) is 1.99. The van der Waals surface area contributed by atoms with Gasteiger partial charge in [-0.15, -0.1) is 0 Å². The summed E-state index contributed by atoms with van der Waals surface area (Å²) in [5, 5.41) is 33.3. The molecule has 0 aromatic heterocycles. The summed E-state index contributed by atoms with van der Waals surface area (Å²) in [6, 6.07) is 2.75. The summed E-state index contributed by atoms with van der Waals surface area (Å²) in [5.41, 5.74) is 0.183. The number of rotatable bonds is 1. The number of carbonyl (C=O) groups excluding carboxylic acids is 2. The van der Waals surface area contributed by atoms with Crippen LogP contribution in [0.25, 0.3) is 6.08 Å². The Kier molecular flexibility index (Phi) is 6.95. The number of Topliss-reactive ketones (excluding diaryl/α,β-unsaturated/α-hetero) is 1. The number of methoxy groups -OCH3 is 1. The number of aliphatic hydroxyl groups excluding tert-OH is 2. The second-order valence-corrected chi connectivity index (χ2v) is 7.90. The molecule has 1 aromatic rings. The van der Waals surface area contributed by atoms with Gasteiger partial charge in [0.05, 0.1) is 24.9 Å². The van der Waals surface area contributed by atoms with E-state index in [9.17, 15) is 24.9 Å². The van der Waals surface area contributed by atoms with E-state index < -0.39 is 41.7 Å². The number of cyclic esters (lactones) is 1. The van der Waals surface area contributed by atoms with E-state index in [-0.39, 0.29) is 23.7 Å². The van der Waals surface area contributed by atoms with Crippen molar-refractivity contribution in [3.8, 4) is 11.5 Å². The highest BCUT2D eigenvalue weighted by Gasteiger charge is 2.36. The number of ether oxygens (including phenoxy) is 2. The minimum absolute atomic E-state index is 0.0174. The number of ketones is 1. The Morgan fingerprint density at radius 1 is 1.10 bits per heavy atom. The van der Waals surface area contributed by atoms with Crippen LogP contribution in [0.2, 0.25) is 0 Å². The van der Waals surface area contributed by atoms with Crippen LogP contribution in [0.3, 0.4) is 0 Å². The molecule has 5 atom stereocenters. The topological polar surface area (TPSA) is 116 Å². The maximum atomic E-state index is 12.8. The molecule has 1 aromatic carbocycles. The first-order chi connectivity index (χ1) is 14.3. The Morgan fingerprint density at radius 2 is 1.83 bits per heavy atom. The second kappa shape index (κ2) is 9.45. The highest BCUT2D eigenvalue weighted by atomic mass is 16.5. The average Bonchev–Trinajstić information content (AvgIpc) is 2.71. The van der Waals surface area contributed by atoms with Crippen LogP contribution in [0.5, 0.6) is 11.5 Å². The number of aliphatic hydroxyl groups is 2. The van der Waals surface area contributed by atoms with Gasteiger partial charge in [-0.3, -0.25) is 4.79 Å². The quantitative estimate of drug-likeness (QED) is 0.532. The van der Waals surface area contributed by atoms with Gasteiger partial charge in [-0.1, -0.05) is 30.1 Å². The molecular weight excluding hydrogens is 388 g/mol. The van der Waals surface area contributed by atoms with Gasteiger partial charge in [0.25, 0.3) is 0 Å². The zero-order valence-electron chi connectivity index (χ0n) is 17.1. The van der Waals surface area contributed by atoms with Gasteiger partial charge in [-0.05, 0) is 56.2 Å². The second-order valence-electron chi connectivity index (χ2n) is 7.90. The van der Waals surface area contributed by atoms with Crippen LogP contribution in [-0.4, -0.2) is 47.4 Å². The lowest BCUT2D eigenvalue weighted by molar-refractivity contribution is -0.269. The molecule has 3 rings (SSSR count). The summed E-state index contributed by atoms with van der Waals surface area (Å²) in [4.78, 5) is 25.6. The SMILES string of the molecule is COc1cc([O-])c2c(c1)/C=C/C[C@H](O)[C@H](O)C(=O)C1CC=CCC1C[C@H](C)OC2=O. The van der Waals surface area contributed by atoms with E-state index >= 15 is 0 Å². The van der Waals surface area contributed by atoms with Gasteiger partial charge < -0.3 is 24.8 Å². The monoisotopic (exact) mass is 415 g/mol. The molecule has 7 heteroatoms. The Hall–Kier alpha value is -2.64. The van der Waals surface area contributed by atoms with Gasteiger partial charge in [0.2, 0.25) is 0 Å². The summed E-state index contributed by atoms with van der Waals surface area (Å²) in [6.07, 6.45) is 5.01. The molecule has 1 aliphatic heterocycles. The van der Waals surface area contributed by atoms with Crippen LogP contribution in [0.4, 0.5) is 0 Å². The molecule has 0 saturated carbocycles. The molecule has 30 heavy (non-hydrogen) atoms. The van der Waals surface area contributed by atoms with Crippen LogP contribution in [0, 0.1) is 11.8 Å². The van der Waals surface area contributed by atoms with E-state index in [4.69, 9.17) is 9.47 Å². The molecule has 1 heterocycles. The number of hydrogen-bond donors (Lipinski definition) is 2. The minimum atomic E-state index is -1.51. The van der Waals surface area contributed by atoms with Gasteiger partial charge in [0, 0.05) is 5.92 Å². The van der Waals surface area contributed by atoms with E-state index in [1.54, 1.807) is 6.92 Å². The smallest absolute Gasteiger partial charge is 0.338 e. The summed E-state index contributed by atoms with van der Waals surface area (Å²) in [5.74, 6) is -1.95. The minimum Gasteiger partial charge on any atom is -0.872 e. The number of hydrogen-bond acceptors (Lipinski definition) is 7. The number of benzene rings is 1. The number of esters is 1. The molecule has 2 aliphatic rings. The molecule has 0 fully saturated rings. The fraction of sp³-hybridized carbons (Fsp3) is 0.478. The van der Waals surface area contributed by atoms with E-state index in [1.165, 1.54) is 31.4 Å². The van der Waals surface area contributed by atoms with Gasteiger partial charge >= 0.3 is 5.97 Å². The van der Waals surface area contributed by atoms with Gasteiger partial charge in [-0.25, -0.2) is 4.79 Å². The van der Waals surface area contributed by atoms with Crippen LogP contribution in [-0.2, 0) is 9.53 Å². The average molecular weight is 415 g/mol. The fourth-order valence-corrected chi connectivity index (χ4v) is 4.15. The van der Waals surface area contributed by atoms with Crippen molar-refractivity contribution in [2.45, 2.75) is 50.9 Å². The van der Waals surface area contributed by atoms with Gasteiger partial charge in [0.1, 0.15) is 11.9 Å².